The van der Waals surface area contributed by atoms with Crippen molar-refractivity contribution in [1.82, 2.24) is 10.6 Å². The summed E-state index contributed by atoms with van der Waals surface area (Å²) in [4.78, 5) is 4.65. The van der Waals surface area contributed by atoms with Gasteiger partial charge in [-0.05, 0) is 44.9 Å². The Morgan fingerprint density at radius 1 is 1.12 bits per heavy atom. The lowest BCUT2D eigenvalue weighted by molar-refractivity contribution is 0.0690. The second-order valence-electron chi connectivity index (χ2n) is 7.22. The van der Waals surface area contributed by atoms with Gasteiger partial charge in [-0.2, -0.15) is 0 Å². The van der Waals surface area contributed by atoms with Crippen LogP contribution in [0.15, 0.2) is 4.99 Å². The quantitative estimate of drug-likeness (QED) is 0.203. The molecule has 24 heavy (non-hydrogen) atoms. The second-order valence-corrected chi connectivity index (χ2v) is 7.22. The third kappa shape index (κ3) is 18.3. The lowest BCUT2D eigenvalue weighted by Crippen LogP contribution is -2.42. The molecule has 1 atom stereocenters. The zero-order chi connectivity index (χ0) is 17.6. The van der Waals surface area contributed by atoms with Crippen molar-refractivity contribution in [1.29, 1.82) is 0 Å². The highest BCUT2D eigenvalue weighted by Gasteiger charge is 2.13. The summed E-state index contributed by atoms with van der Waals surface area (Å²) in [6.45, 7) is 15.0. The Hall–Kier alpha value is -0.0800. The summed E-state index contributed by atoms with van der Waals surface area (Å²) in [5.74, 6) is 0.925. The fourth-order valence-electron chi connectivity index (χ4n) is 2.03. The van der Waals surface area contributed by atoms with Crippen molar-refractivity contribution in [3.63, 3.8) is 0 Å². The summed E-state index contributed by atoms with van der Waals surface area (Å²) in [6.07, 6.45) is 4.44. The standard InChI is InChI=1S/C18H39N3O2.HI/c1-7-19-17(21-16(2)10-11-18(3,4)5)20-12-8-9-13-23-15-14-22-6;/h16H,7-15H2,1-6H3,(H2,19,20,21);1H. The Labute approximate surface area is 166 Å². The monoisotopic (exact) mass is 457 g/mol. The molecular formula is C18H40IN3O2. The van der Waals surface area contributed by atoms with Crippen LogP contribution in [0.3, 0.4) is 0 Å². The average Bonchev–Trinajstić information content (AvgIpc) is 2.47. The first-order chi connectivity index (χ1) is 10.9. The van der Waals surface area contributed by atoms with Crippen molar-refractivity contribution < 1.29 is 9.47 Å². The van der Waals surface area contributed by atoms with Gasteiger partial charge in [0.05, 0.1) is 13.2 Å². The summed E-state index contributed by atoms with van der Waals surface area (Å²) in [5.41, 5.74) is 0.383. The SMILES string of the molecule is CCNC(=NCCCCOCCOC)NC(C)CCC(C)(C)C.I. The van der Waals surface area contributed by atoms with Crippen LogP contribution in [0.1, 0.15) is 60.3 Å². The first kappa shape index (κ1) is 26.2. The molecule has 0 aliphatic heterocycles. The molecule has 0 saturated carbocycles. The summed E-state index contributed by atoms with van der Waals surface area (Å²) in [6, 6.07) is 0.435. The number of unbranched alkanes of at least 4 members (excludes halogenated alkanes) is 1. The van der Waals surface area contributed by atoms with Crippen LogP contribution in [-0.2, 0) is 9.47 Å². The molecule has 0 saturated heterocycles. The van der Waals surface area contributed by atoms with E-state index in [1.165, 1.54) is 6.42 Å². The minimum absolute atomic E-state index is 0. The van der Waals surface area contributed by atoms with Crippen molar-refractivity contribution in [3.8, 4) is 0 Å². The lowest BCUT2D eigenvalue weighted by atomic mass is 9.89. The zero-order valence-electron chi connectivity index (χ0n) is 16.6. The van der Waals surface area contributed by atoms with Crippen LogP contribution in [0.2, 0.25) is 0 Å². The molecule has 0 fully saturated rings. The maximum absolute atomic E-state index is 5.45. The number of nitrogens with zero attached hydrogens (tertiary/aromatic N) is 1. The molecule has 0 aromatic heterocycles. The Morgan fingerprint density at radius 3 is 2.42 bits per heavy atom. The van der Waals surface area contributed by atoms with E-state index < -0.39 is 0 Å². The highest BCUT2D eigenvalue weighted by atomic mass is 127. The van der Waals surface area contributed by atoms with Gasteiger partial charge in [-0.15, -0.1) is 24.0 Å². The van der Waals surface area contributed by atoms with E-state index in [-0.39, 0.29) is 24.0 Å². The van der Waals surface area contributed by atoms with Crippen molar-refractivity contribution in [2.75, 3.05) is 40.0 Å². The number of halogens is 1. The molecule has 0 bridgehead atoms. The number of guanidine groups is 1. The predicted octanol–water partition coefficient (Wildman–Crippen LogP) is 3.82. The number of hydrogen-bond donors (Lipinski definition) is 2. The first-order valence-electron chi connectivity index (χ1n) is 9.00. The van der Waals surface area contributed by atoms with Gasteiger partial charge in [-0.3, -0.25) is 4.99 Å². The van der Waals surface area contributed by atoms with E-state index in [9.17, 15) is 0 Å². The molecule has 2 N–H and O–H groups in total. The molecule has 146 valence electrons. The molecule has 0 rings (SSSR count). The van der Waals surface area contributed by atoms with Crippen molar-refractivity contribution in [2.45, 2.75) is 66.3 Å². The van der Waals surface area contributed by atoms with E-state index >= 15 is 0 Å². The number of hydrogen-bond acceptors (Lipinski definition) is 3. The molecule has 0 amide bonds. The van der Waals surface area contributed by atoms with Crippen LogP contribution in [0.5, 0.6) is 0 Å². The zero-order valence-corrected chi connectivity index (χ0v) is 18.9. The van der Waals surface area contributed by atoms with Gasteiger partial charge in [-0.1, -0.05) is 20.8 Å². The Bertz CT molecular complexity index is 307. The minimum atomic E-state index is 0. The largest absolute Gasteiger partial charge is 0.382 e. The second kappa shape index (κ2) is 16.4. The minimum Gasteiger partial charge on any atom is -0.382 e. The smallest absolute Gasteiger partial charge is 0.191 e. The van der Waals surface area contributed by atoms with Crippen molar-refractivity contribution in [3.05, 3.63) is 0 Å². The number of aliphatic imine (C=N–C) groups is 1. The molecule has 0 heterocycles. The number of nitrogens with one attached hydrogen (secondary N) is 2. The average molecular weight is 457 g/mol. The van der Waals surface area contributed by atoms with Gasteiger partial charge in [0, 0.05) is 32.8 Å². The summed E-state index contributed by atoms with van der Waals surface area (Å²) < 4.78 is 10.4. The third-order valence-corrected chi connectivity index (χ3v) is 3.45. The summed E-state index contributed by atoms with van der Waals surface area (Å²) in [7, 11) is 1.69. The van der Waals surface area contributed by atoms with Gasteiger partial charge in [0.25, 0.3) is 0 Å². The predicted molar refractivity (Wildman–Crippen MR) is 115 cm³/mol. The van der Waals surface area contributed by atoms with Gasteiger partial charge < -0.3 is 20.1 Å². The molecule has 5 nitrogen and oxygen atoms in total. The van der Waals surface area contributed by atoms with Gasteiger partial charge in [0.15, 0.2) is 5.96 Å². The fourth-order valence-corrected chi connectivity index (χ4v) is 2.03. The first-order valence-corrected chi connectivity index (χ1v) is 9.00. The molecule has 0 aromatic rings. The van der Waals surface area contributed by atoms with E-state index in [1.807, 2.05) is 0 Å². The topological polar surface area (TPSA) is 54.9 Å². The maximum Gasteiger partial charge on any atom is 0.191 e. The fraction of sp³-hybridized carbons (Fsp3) is 0.944. The molecule has 0 aromatic carbocycles. The van der Waals surface area contributed by atoms with E-state index in [1.54, 1.807) is 7.11 Å². The highest BCUT2D eigenvalue weighted by molar-refractivity contribution is 14.0. The third-order valence-electron chi connectivity index (χ3n) is 3.45. The van der Waals surface area contributed by atoms with E-state index in [0.29, 0.717) is 24.7 Å². The summed E-state index contributed by atoms with van der Waals surface area (Å²) >= 11 is 0. The van der Waals surface area contributed by atoms with E-state index in [4.69, 9.17) is 9.47 Å². The van der Waals surface area contributed by atoms with Gasteiger partial charge in [0.2, 0.25) is 0 Å². The molecule has 1 unspecified atom stereocenters. The Kier molecular flexibility index (Phi) is 17.9. The van der Waals surface area contributed by atoms with Crippen LogP contribution in [0.25, 0.3) is 0 Å². The lowest BCUT2D eigenvalue weighted by Gasteiger charge is -2.23. The molecule has 6 heteroatoms. The molecule has 0 aliphatic carbocycles. The normalized spacial score (nSPS) is 13.3. The Balaban J connectivity index is 0. The number of methoxy groups -OCH3 is 1. The van der Waals surface area contributed by atoms with Crippen LogP contribution >= 0.6 is 24.0 Å². The van der Waals surface area contributed by atoms with Crippen molar-refractivity contribution >= 4 is 29.9 Å². The summed E-state index contributed by atoms with van der Waals surface area (Å²) in [5, 5.41) is 6.82. The molecule has 0 aliphatic rings. The van der Waals surface area contributed by atoms with Gasteiger partial charge in [0.1, 0.15) is 0 Å². The van der Waals surface area contributed by atoms with Gasteiger partial charge in [-0.25, -0.2) is 0 Å². The number of rotatable bonds is 12. The van der Waals surface area contributed by atoms with Crippen molar-refractivity contribution in [2.24, 2.45) is 10.4 Å². The highest BCUT2D eigenvalue weighted by Crippen LogP contribution is 2.21. The number of ether oxygens (including phenoxy) is 2. The Morgan fingerprint density at radius 2 is 1.83 bits per heavy atom. The van der Waals surface area contributed by atoms with Gasteiger partial charge >= 0.3 is 0 Å². The molecule has 0 radical (unpaired) electrons. The van der Waals surface area contributed by atoms with Crippen LogP contribution in [0, 0.1) is 5.41 Å². The molecule has 0 spiro atoms. The maximum atomic E-state index is 5.45. The van der Waals surface area contributed by atoms with E-state index in [2.05, 4.69) is 50.2 Å². The van der Waals surface area contributed by atoms with Crippen LogP contribution in [-0.4, -0.2) is 52.0 Å². The van der Waals surface area contributed by atoms with Crippen LogP contribution in [0.4, 0.5) is 0 Å². The van der Waals surface area contributed by atoms with E-state index in [0.717, 1.165) is 44.9 Å². The van der Waals surface area contributed by atoms with Crippen LogP contribution < -0.4 is 10.6 Å². The molecular weight excluding hydrogens is 417 g/mol.